The Morgan fingerprint density at radius 3 is 2.81 bits per heavy atom. The number of ether oxygens (including phenoxy) is 2. The van der Waals surface area contributed by atoms with Gasteiger partial charge in [-0.2, -0.15) is 0 Å². The average molecular weight is 361 g/mol. The van der Waals surface area contributed by atoms with Crippen molar-refractivity contribution in [3.63, 3.8) is 0 Å². The molecule has 0 radical (unpaired) electrons. The summed E-state index contributed by atoms with van der Waals surface area (Å²) < 4.78 is 11.0. The quantitative estimate of drug-likeness (QED) is 0.641. The van der Waals surface area contributed by atoms with Gasteiger partial charge in [0.2, 0.25) is 0 Å². The maximum Gasteiger partial charge on any atom is 0.193 e. The molecule has 2 aliphatic heterocycles. The predicted octanol–water partition coefficient (Wildman–Crippen LogP) is 1.78. The monoisotopic (exact) mass is 360 g/mol. The van der Waals surface area contributed by atoms with E-state index in [2.05, 4.69) is 39.2 Å². The van der Waals surface area contributed by atoms with Crippen molar-refractivity contribution in [1.29, 1.82) is 0 Å². The van der Waals surface area contributed by atoms with Crippen molar-refractivity contribution in [1.82, 2.24) is 15.1 Å². The molecule has 0 bridgehead atoms. The third-order valence-electron chi connectivity index (χ3n) is 5.47. The number of para-hydroxylation sites is 1. The predicted molar refractivity (Wildman–Crippen MR) is 105 cm³/mol. The summed E-state index contributed by atoms with van der Waals surface area (Å²) in [5.74, 6) is 2.30. The lowest BCUT2D eigenvalue weighted by molar-refractivity contribution is 0.0195. The van der Waals surface area contributed by atoms with Gasteiger partial charge in [0.05, 0.1) is 20.3 Å². The van der Waals surface area contributed by atoms with E-state index < -0.39 is 0 Å². The van der Waals surface area contributed by atoms with Crippen molar-refractivity contribution < 1.29 is 9.47 Å². The Labute approximate surface area is 157 Å². The lowest BCUT2D eigenvalue weighted by Crippen LogP contribution is -2.47. The zero-order valence-corrected chi connectivity index (χ0v) is 16.3. The first-order chi connectivity index (χ1) is 12.7. The van der Waals surface area contributed by atoms with Gasteiger partial charge in [-0.05, 0) is 18.1 Å². The second kappa shape index (κ2) is 9.24. The van der Waals surface area contributed by atoms with E-state index in [-0.39, 0.29) is 0 Å². The summed E-state index contributed by atoms with van der Waals surface area (Å²) in [7, 11) is 3.60. The van der Waals surface area contributed by atoms with Crippen molar-refractivity contribution in [2.45, 2.75) is 25.3 Å². The van der Waals surface area contributed by atoms with Crippen molar-refractivity contribution in [3.8, 4) is 5.75 Å². The number of methoxy groups -OCH3 is 1. The van der Waals surface area contributed by atoms with E-state index in [1.807, 2.05) is 19.2 Å². The molecule has 1 N–H and O–H groups in total. The smallest absolute Gasteiger partial charge is 0.193 e. The molecule has 0 aromatic heterocycles. The Kier molecular flexibility index (Phi) is 6.74. The van der Waals surface area contributed by atoms with Crippen molar-refractivity contribution >= 4 is 5.96 Å². The molecule has 1 aromatic carbocycles. The molecule has 2 saturated heterocycles. The van der Waals surface area contributed by atoms with Crippen LogP contribution in [0.1, 0.15) is 24.8 Å². The van der Waals surface area contributed by atoms with Gasteiger partial charge < -0.3 is 19.7 Å². The van der Waals surface area contributed by atoms with Gasteiger partial charge >= 0.3 is 0 Å². The normalized spacial score (nSPS) is 23.1. The Morgan fingerprint density at radius 1 is 1.31 bits per heavy atom. The number of likely N-dealkylation sites (tertiary alicyclic amines) is 1. The Morgan fingerprint density at radius 2 is 2.08 bits per heavy atom. The number of nitrogens with zero attached hydrogens (tertiary/aromatic N) is 3. The highest BCUT2D eigenvalue weighted by Crippen LogP contribution is 2.25. The summed E-state index contributed by atoms with van der Waals surface area (Å²) in [5.41, 5.74) is 1.23. The summed E-state index contributed by atoms with van der Waals surface area (Å²) in [5, 5.41) is 3.56. The van der Waals surface area contributed by atoms with E-state index in [1.165, 1.54) is 12.0 Å². The van der Waals surface area contributed by atoms with E-state index in [1.54, 1.807) is 7.11 Å². The maximum absolute atomic E-state index is 5.50. The van der Waals surface area contributed by atoms with E-state index in [0.29, 0.717) is 12.0 Å². The molecule has 0 aliphatic carbocycles. The highest BCUT2D eigenvalue weighted by atomic mass is 16.5. The molecule has 1 aromatic rings. The molecule has 144 valence electrons. The molecular formula is C20H32N4O2. The number of hydrogen-bond donors (Lipinski definition) is 1. The maximum atomic E-state index is 5.50. The molecule has 0 saturated carbocycles. The molecule has 2 aliphatic rings. The molecule has 0 spiro atoms. The largest absolute Gasteiger partial charge is 0.496 e. The number of guanidine groups is 1. The fourth-order valence-corrected chi connectivity index (χ4v) is 3.94. The van der Waals surface area contributed by atoms with Crippen LogP contribution in [0.15, 0.2) is 29.3 Å². The topological polar surface area (TPSA) is 49.3 Å². The first-order valence-corrected chi connectivity index (χ1v) is 9.63. The van der Waals surface area contributed by atoms with Crippen LogP contribution in [0.2, 0.25) is 0 Å². The van der Waals surface area contributed by atoms with Gasteiger partial charge in [0, 0.05) is 51.7 Å². The minimum atomic E-state index is 0.348. The van der Waals surface area contributed by atoms with Crippen molar-refractivity contribution in [2.75, 3.05) is 60.1 Å². The van der Waals surface area contributed by atoms with E-state index in [9.17, 15) is 0 Å². The van der Waals surface area contributed by atoms with Crippen LogP contribution in [0.5, 0.6) is 5.75 Å². The number of nitrogens with one attached hydrogen (secondary N) is 1. The first-order valence-electron chi connectivity index (χ1n) is 9.63. The van der Waals surface area contributed by atoms with Crippen LogP contribution >= 0.6 is 0 Å². The zero-order valence-electron chi connectivity index (χ0n) is 16.3. The van der Waals surface area contributed by atoms with Crippen molar-refractivity contribution in [2.24, 2.45) is 4.99 Å². The van der Waals surface area contributed by atoms with Gasteiger partial charge in [0.1, 0.15) is 5.75 Å². The second-order valence-corrected chi connectivity index (χ2v) is 7.11. The molecule has 2 heterocycles. The van der Waals surface area contributed by atoms with Crippen LogP contribution in [-0.2, 0) is 4.74 Å². The number of aliphatic imine (C=N–C) groups is 1. The zero-order chi connectivity index (χ0) is 18.4. The van der Waals surface area contributed by atoms with Gasteiger partial charge in [-0.15, -0.1) is 0 Å². The lowest BCUT2D eigenvalue weighted by Gasteiger charge is -2.32. The summed E-state index contributed by atoms with van der Waals surface area (Å²) in [6.45, 7) is 8.99. The van der Waals surface area contributed by atoms with Crippen LogP contribution < -0.4 is 10.1 Å². The van der Waals surface area contributed by atoms with E-state index in [0.717, 1.165) is 57.6 Å². The van der Waals surface area contributed by atoms with E-state index >= 15 is 0 Å². The molecule has 2 unspecified atom stereocenters. The molecule has 2 fully saturated rings. The SMILES string of the molecule is CN=C(NCC(C)c1ccccc1OC)N1CCC(N2CCOCC2)C1. The Balaban J connectivity index is 1.53. The average Bonchev–Trinajstić information content (AvgIpc) is 3.19. The van der Waals surface area contributed by atoms with Gasteiger partial charge in [0.15, 0.2) is 5.96 Å². The van der Waals surface area contributed by atoms with Gasteiger partial charge in [-0.1, -0.05) is 25.1 Å². The summed E-state index contributed by atoms with van der Waals surface area (Å²) in [6, 6.07) is 8.85. The third kappa shape index (κ3) is 4.48. The number of morpholine rings is 1. The summed E-state index contributed by atoms with van der Waals surface area (Å²) >= 11 is 0. The van der Waals surface area contributed by atoms with Crippen LogP contribution in [0.3, 0.4) is 0 Å². The fraction of sp³-hybridized carbons (Fsp3) is 0.650. The highest BCUT2D eigenvalue weighted by molar-refractivity contribution is 5.80. The molecule has 6 heteroatoms. The molecule has 3 rings (SSSR count). The molecular weight excluding hydrogens is 328 g/mol. The molecule has 2 atom stereocenters. The number of benzene rings is 1. The van der Waals surface area contributed by atoms with E-state index in [4.69, 9.17) is 9.47 Å². The van der Waals surface area contributed by atoms with Crippen molar-refractivity contribution in [3.05, 3.63) is 29.8 Å². The standard InChI is InChI=1S/C20H32N4O2/c1-16(18-6-4-5-7-19(18)25-3)14-22-20(21-2)24-9-8-17(15-24)23-10-12-26-13-11-23/h4-7,16-17H,8-15H2,1-3H3,(H,21,22). The number of hydrogen-bond acceptors (Lipinski definition) is 4. The van der Waals surface area contributed by atoms with Crippen LogP contribution in [0.4, 0.5) is 0 Å². The number of rotatable bonds is 5. The molecule has 0 amide bonds. The van der Waals surface area contributed by atoms with Crippen LogP contribution in [0, 0.1) is 0 Å². The second-order valence-electron chi connectivity index (χ2n) is 7.11. The highest BCUT2D eigenvalue weighted by Gasteiger charge is 2.30. The first kappa shape index (κ1) is 19.0. The third-order valence-corrected chi connectivity index (χ3v) is 5.47. The summed E-state index contributed by atoms with van der Waals surface area (Å²) in [6.07, 6.45) is 1.20. The fourth-order valence-electron chi connectivity index (χ4n) is 3.94. The molecule has 26 heavy (non-hydrogen) atoms. The summed E-state index contributed by atoms with van der Waals surface area (Å²) in [4.78, 5) is 9.46. The van der Waals surface area contributed by atoms with Gasteiger partial charge in [-0.25, -0.2) is 0 Å². The van der Waals surface area contributed by atoms with Crippen LogP contribution in [-0.4, -0.2) is 81.9 Å². The minimum absolute atomic E-state index is 0.348. The van der Waals surface area contributed by atoms with Gasteiger partial charge in [-0.3, -0.25) is 9.89 Å². The Bertz CT molecular complexity index is 601. The van der Waals surface area contributed by atoms with Gasteiger partial charge in [0.25, 0.3) is 0 Å². The van der Waals surface area contributed by atoms with Crippen LogP contribution in [0.25, 0.3) is 0 Å². The molecule has 6 nitrogen and oxygen atoms in total. The lowest BCUT2D eigenvalue weighted by atomic mass is 10.0. The minimum Gasteiger partial charge on any atom is -0.496 e. The Hall–Kier alpha value is -1.79.